The molecule has 0 amide bonds. The predicted octanol–water partition coefficient (Wildman–Crippen LogP) is 4.23. The Bertz CT molecular complexity index is 141. The highest BCUT2D eigenvalue weighted by Gasteiger charge is 1.82. The lowest BCUT2D eigenvalue weighted by atomic mass is 10.2. The van der Waals surface area contributed by atoms with E-state index < -0.39 is 0 Å². The highest BCUT2D eigenvalue weighted by atomic mass is 16.2. The van der Waals surface area contributed by atoms with Gasteiger partial charge in [0.25, 0.3) is 0 Å². The summed E-state index contributed by atoms with van der Waals surface area (Å²) >= 11 is 0. The standard InChI is InChI=1S/C14H26O/c1-2-3-4-5-6-7-8-9-10-11-12-13-14-15/h6-7,9-10,15H,2-5,8,11-14H2,1H3/b7-6+,10-9+. The Morgan fingerprint density at radius 1 is 0.800 bits per heavy atom. The van der Waals surface area contributed by atoms with Crippen LogP contribution in [0.1, 0.15) is 58.3 Å². The Kier molecular flexibility index (Phi) is 12.9. The van der Waals surface area contributed by atoms with E-state index in [1.807, 2.05) is 0 Å². The minimum Gasteiger partial charge on any atom is -0.396 e. The second-order valence-electron chi connectivity index (χ2n) is 3.89. The van der Waals surface area contributed by atoms with Crippen molar-refractivity contribution < 1.29 is 5.11 Å². The molecule has 1 heteroatoms. The van der Waals surface area contributed by atoms with Crippen LogP contribution in [0.2, 0.25) is 0 Å². The van der Waals surface area contributed by atoms with Crippen molar-refractivity contribution >= 4 is 0 Å². The third kappa shape index (κ3) is 13.4. The van der Waals surface area contributed by atoms with Crippen LogP contribution in [-0.2, 0) is 0 Å². The fraction of sp³-hybridized carbons (Fsp3) is 0.714. The number of unbranched alkanes of at least 4 members (excludes halogenated alkanes) is 5. The fourth-order valence-corrected chi connectivity index (χ4v) is 1.39. The van der Waals surface area contributed by atoms with Gasteiger partial charge in [-0.3, -0.25) is 0 Å². The van der Waals surface area contributed by atoms with Gasteiger partial charge < -0.3 is 5.11 Å². The van der Waals surface area contributed by atoms with E-state index in [-0.39, 0.29) is 0 Å². The maximum Gasteiger partial charge on any atom is 0.0431 e. The van der Waals surface area contributed by atoms with E-state index in [0.717, 1.165) is 25.7 Å². The van der Waals surface area contributed by atoms with Gasteiger partial charge in [0.15, 0.2) is 0 Å². The number of hydrogen-bond acceptors (Lipinski definition) is 1. The molecule has 15 heavy (non-hydrogen) atoms. The van der Waals surface area contributed by atoms with Crippen LogP contribution < -0.4 is 0 Å². The molecular formula is C14H26O. The van der Waals surface area contributed by atoms with E-state index in [1.165, 1.54) is 25.7 Å². The van der Waals surface area contributed by atoms with E-state index in [9.17, 15) is 0 Å². The third-order valence-corrected chi connectivity index (χ3v) is 2.36. The Balaban J connectivity index is 3.14. The largest absolute Gasteiger partial charge is 0.396 e. The van der Waals surface area contributed by atoms with Crippen LogP contribution in [-0.4, -0.2) is 11.7 Å². The minimum atomic E-state index is 0.325. The zero-order valence-corrected chi connectivity index (χ0v) is 10.1. The fourth-order valence-electron chi connectivity index (χ4n) is 1.39. The number of rotatable bonds is 10. The monoisotopic (exact) mass is 210 g/mol. The van der Waals surface area contributed by atoms with Crippen molar-refractivity contribution in [2.75, 3.05) is 6.61 Å². The van der Waals surface area contributed by atoms with Crippen molar-refractivity contribution in [3.05, 3.63) is 24.3 Å². The molecule has 0 heterocycles. The normalized spacial score (nSPS) is 11.9. The first-order valence-electron chi connectivity index (χ1n) is 6.32. The number of aliphatic hydroxyl groups is 1. The van der Waals surface area contributed by atoms with E-state index in [2.05, 4.69) is 31.2 Å². The molecule has 88 valence electrons. The average molecular weight is 210 g/mol. The van der Waals surface area contributed by atoms with Crippen molar-refractivity contribution in [1.29, 1.82) is 0 Å². The number of allylic oxidation sites excluding steroid dienone is 4. The van der Waals surface area contributed by atoms with Gasteiger partial charge in [0, 0.05) is 6.61 Å². The van der Waals surface area contributed by atoms with Gasteiger partial charge in [-0.1, -0.05) is 44.1 Å². The number of hydrogen-bond donors (Lipinski definition) is 1. The van der Waals surface area contributed by atoms with Crippen molar-refractivity contribution in [2.45, 2.75) is 58.3 Å². The molecule has 1 nitrogen and oxygen atoms in total. The molecule has 0 aliphatic heterocycles. The highest BCUT2D eigenvalue weighted by molar-refractivity contribution is 4.92. The summed E-state index contributed by atoms with van der Waals surface area (Å²) in [5.41, 5.74) is 0. The topological polar surface area (TPSA) is 20.2 Å². The summed E-state index contributed by atoms with van der Waals surface area (Å²) in [5, 5.41) is 8.57. The first-order valence-corrected chi connectivity index (χ1v) is 6.32. The van der Waals surface area contributed by atoms with Crippen LogP contribution in [0, 0.1) is 0 Å². The zero-order chi connectivity index (χ0) is 11.2. The van der Waals surface area contributed by atoms with Gasteiger partial charge in [0.2, 0.25) is 0 Å². The summed E-state index contributed by atoms with van der Waals surface area (Å²) < 4.78 is 0. The first-order chi connectivity index (χ1) is 7.41. The van der Waals surface area contributed by atoms with Crippen LogP contribution in [0.25, 0.3) is 0 Å². The predicted molar refractivity (Wildman–Crippen MR) is 68.0 cm³/mol. The molecule has 0 unspecified atom stereocenters. The molecule has 0 rings (SSSR count). The first kappa shape index (κ1) is 14.4. The molecule has 0 aromatic heterocycles. The minimum absolute atomic E-state index is 0.325. The molecule has 0 aliphatic carbocycles. The Labute approximate surface area is 94.9 Å². The summed E-state index contributed by atoms with van der Waals surface area (Å²) in [4.78, 5) is 0. The van der Waals surface area contributed by atoms with Crippen LogP contribution >= 0.6 is 0 Å². The van der Waals surface area contributed by atoms with Crippen molar-refractivity contribution in [2.24, 2.45) is 0 Å². The van der Waals surface area contributed by atoms with Gasteiger partial charge in [-0.2, -0.15) is 0 Å². The lowest BCUT2D eigenvalue weighted by Crippen LogP contribution is -1.79. The SMILES string of the molecule is CCCCC/C=C/C/C=C/CCCCO. The summed E-state index contributed by atoms with van der Waals surface area (Å²) in [7, 11) is 0. The molecule has 0 saturated carbocycles. The second kappa shape index (κ2) is 13.4. The molecule has 0 aromatic rings. The van der Waals surface area contributed by atoms with Gasteiger partial charge >= 0.3 is 0 Å². The van der Waals surface area contributed by atoms with Crippen LogP contribution in [0.4, 0.5) is 0 Å². The Morgan fingerprint density at radius 2 is 1.40 bits per heavy atom. The Morgan fingerprint density at radius 3 is 1.93 bits per heavy atom. The molecule has 0 spiro atoms. The number of aliphatic hydroxyl groups excluding tert-OH is 1. The second-order valence-corrected chi connectivity index (χ2v) is 3.89. The lowest BCUT2D eigenvalue weighted by molar-refractivity contribution is 0.285. The van der Waals surface area contributed by atoms with E-state index in [0.29, 0.717) is 6.61 Å². The smallest absolute Gasteiger partial charge is 0.0431 e. The quantitative estimate of drug-likeness (QED) is 0.422. The maximum atomic E-state index is 8.57. The van der Waals surface area contributed by atoms with Crippen molar-refractivity contribution in [3.8, 4) is 0 Å². The molecule has 0 fully saturated rings. The van der Waals surface area contributed by atoms with Crippen molar-refractivity contribution in [3.63, 3.8) is 0 Å². The van der Waals surface area contributed by atoms with Crippen LogP contribution in [0.15, 0.2) is 24.3 Å². The van der Waals surface area contributed by atoms with Gasteiger partial charge in [-0.15, -0.1) is 0 Å². The molecular weight excluding hydrogens is 184 g/mol. The van der Waals surface area contributed by atoms with Gasteiger partial charge in [-0.05, 0) is 38.5 Å². The molecule has 0 aromatic carbocycles. The molecule has 0 bridgehead atoms. The molecule has 0 atom stereocenters. The van der Waals surface area contributed by atoms with Gasteiger partial charge in [0.05, 0.1) is 0 Å². The molecule has 0 radical (unpaired) electrons. The summed E-state index contributed by atoms with van der Waals surface area (Å²) in [6.45, 7) is 2.56. The van der Waals surface area contributed by atoms with E-state index in [1.54, 1.807) is 0 Å². The third-order valence-electron chi connectivity index (χ3n) is 2.36. The Hall–Kier alpha value is -0.560. The van der Waals surface area contributed by atoms with E-state index in [4.69, 9.17) is 5.11 Å². The lowest BCUT2D eigenvalue weighted by Gasteiger charge is -1.91. The molecule has 0 saturated heterocycles. The summed E-state index contributed by atoms with van der Waals surface area (Å²) in [5.74, 6) is 0. The zero-order valence-electron chi connectivity index (χ0n) is 10.1. The van der Waals surface area contributed by atoms with E-state index >= 15 is 0 Å². The summed E-state index contributed by atoms with van der Waals surface area (Å²) in [6, 6.07) is 0. The van der Waals surface area contributed by atoms with Crippen LogP contribution in [0.3, 0.4) is 0 Å². The molecule has 0 aliphatic rings. The highest BCUT2D eigenvalue weighted by Crippen LogP contribution is 2.01. The summed E-state index contributed by atoms with van der Waals surface area (Å²) in [6.07, 6.45) is 18.4. The van der Waals surface area contributed by atoms with Gasteiger partial charge in [-0.25, -0.2) is 0 Å². The van der Waals surface area contributed by atoms with Crippen LogP contribution in [0.5, 0.6) is 0 Å². The maximum absolute atomic E-state index is 8.57. The molecule has 1 N–H and O–H groups in total. The van der Waals surface area contributed by atoms with Gasteiger partial charge in [0.1, 0.15) is 0 Å². The van der Waals surface area contributed by atoms with Crippen molar-refractivity contribution in [1.82, 2.24) is 0 Å². The average Bonchev–Trinajstić information content (AvgIpc) is 2.26.